The lowest BCUT2D eigenvalue weighted by Gasteiger charge is -2.17. The molecule has 7 nitrogen and oxygen atoms in total. The zero-order valence-electron chi connectivity index (χ0n) is 15.2. The molecule has 1 fully saturated rings. The fourth-order valence-electron chi connectivity index (χ4n) is 3.26. The van der Waals surface area contributed by atoms with Crippen LogP contribution in [0.3, 0.4) is 0 Å². The van der Waals surface area contributed by atoms with Crippen LogP contribution in [-0.4, -0.2) is 38.2 Å². The highest BCUT2D eigenvalue weighted by atomic mass is 16.5. The van der Waals surface area contributed by atoms with Gasteiger partial charge >= 0.3 is 5.69 Å². The molecule has 2 N–H and O–H groups in total. The Balaban J connectivity index is 2.11. The number of aliphatic hydroxyl groups excluding tert-OH is 2. The zero-order chi connectivity index (χ0) is 18.4. The second kappa shape index (κ2) is 9.31. The predicted molar refractivity (Wildman–Crippen MR) is 94.7 cm³/mol. The summed E-state index contributed by atoms with van der Waals surface area (Å²) in [6.45, 7) is 3.93. The molecular formula is C18H30N2O5. The van der Waals surface area contributed by atoms with Gasteiger partial charge in [0, 0.05) is 24.7 Å². The van der Waals surface area contributed by atoms with Crippen molar-refractivity contribution in [2.24, 2.45) is 0 Å². The van der Waals surface area contributed by atoms with Crippen LogP contribution >= 0.6 is 0 Å². The number of aryl methyl sites for hydroxylation is 1. The van der Waals surface area contributed by atoms with E-state index in [1.54, 1.807) is 6.92 Å². The molecule has 0 unspecified atom stereocenters. The van der Waals surface area contributed by atoms with Gasteiger partial charge in [0.05, 0.1) is 12.7 Å². The Kier molecular flexibility index (Phi) is 7.40. The van der Waals surface area contributed by atoms with Crippen LogP contribution in [0, 0.1) is 6.92 Å². The van der Waals surface area contributed by atoms with E-state index < -0.39 is 24.1 Å². The van der Waals surface area contributed by atoms with E-state index >= 15 is 0 Å². The minimum Gasteiger partial charge on any atom is -0.394 e. The molecule has 0 bridgehead atoms. The number of rotatable bonds is 9. The first-order valence-electron chi connectivity index (χ1n) is 9.26. The minimum atomic E-state index is -0.818. The maximum atomic E-state index is 12.7. The number of aromatic nitrogens is 2. The zero-order valence-corrected chi connectivity index (χ0v) is 15.2. The Morgan fingerprint density at radius 1 is 1.20 bits per heavy atom. The van der Waals surface area contributed by atoms with E-state index in [1.165, 1.54) is 34.6 Å². The third-order valence-corrected chi connectivity index (χ3v) is 4.80. The van der Waals surface area contributed by atoms with Gasteiger partial charge in [0.25, 0.3) is 5.56 Å². The highest BCUT2D eigenvalue weighted by molar-refractivity contribution is 5.04. The first-order chi connectivity index (χ1) is 12.0. The van der Waals surface area contributed by atoms with Crippen LogP contribution in [0.5, 0.6) is 0 Å². The van der Waals surface area contributed by atoms with Crippen LogP contribution in [0.2, 0.25) is 0 Å². The van der Waals surface area contributed by atoms with E-state index in [-0.39, 0.29) is 18.6 Å². The van der Waals surface area contributed by atoms with Crippen LogP contribution in [0.1, 0.15) is 63.7 Å². The molecule has 0 aromatic carbocycles. The van der Waals surface area contributed by atoms with Crippen LogP contribution in [0.4, 0.5) is 0 Å². The second-order valence-electron chi connectivity index (χ2n) is 6.84. The van der Waals surface area contributed by atoms with Crippen LogP contribution in [0.25, 0.3) is 0 Å². The first-order valence-corrected chi connectivity index (χ1v) is 9.26. The van der Waals surface area contributed by atoms with Crippen molar-refractivity contribution in [1.82, 2.24) is 9.13 Å². The van der Waals surface area contributed by atoms with E-state index in [1.807, 2.05) is 0 Å². The van der Waals surface area contributed by atoms with Gasteiger partial charge in [-0.05, 0) is 13.3 Å². The van der Waals surface area contributed by atoms with Crippen molar-refractivity contribution in [3.63, 3.8) is 0 Å². The summed E-state index contributed by atoms with van der Waals surface area (Å²) in [6, 6.07) is 0. The first kappa shape index (κ1) is 19.9. The van der Waals surface area contributed by atoms with E-state index in [9.17, 15) is 19.8 Å². The monoisotopic (exact) mass is 354 g/mol. The summed E-state index contributed by atoms with van der Waals surface area (Å²) >= 11 is 0. The highest BCUT2D eigenvalue weighted by Crippen LogP contribution is 2.27. The van der Waals surface area contributed by atoms with Gasteiger partial charge in [0.1, 0.15) is 12.3 Å². The lowest BCUT2D eigenvalue weighted by atomic mass is 10.1. The molecule has 0 radical (unpaired) electrons. The maximum absolute atomic E-state index is 12.7. The van der Waals surface area contributed by atoms with Crippen molar-refractivity contribution in [3.05, 3.63) is 32.6 Å². The molecule has 1 saturated heterocycles. The molecule has 25 heavy (non-hydrogen) atoms. The molecular weight excluding hydrogens is 324 g/mol. The Hall–Kier alpha value is -1.44. The van der Waals surface area contributed by atoms with E-state index in [0.717, 1.165) is 19.3 Å². The van der Waals surface area contributed by atoms with Crippen molar-refractivity contribution in [1.29, 1.82) is 0 Å². The largest absolute Gasteiger partial charge is 0.394 e. The lowest BCUT2D eigenvalue weighted by molar-refractivity contribution is -0.0464. The minimum absolute atomic E-state index is 0.222. The molecule has 7 heteroatoms. The van der Waals surface area contributed by atoms with Gasteiger partial charge < -0.3 is 14.9 Å². The number of hydrogen-bond donors (Lipinski definition) is 2. The average molecular weight is 354 g/mol. The SMILES string of the molecule is CCCCCCCCn1c(=O)c(C)cn([C@H]2C[C@H](O)[C@@H](CO)O2)c1=O. The molecule has 1 aliphatic rings. The smallest absolute Gasteiger partial charge is 0.333 e. The normalized spacial score (nSPS) is 23.3. The van der Waals surface area contributed by atoms with Gasteiger partial charge in [-0.25, -0.2) is 4.79 Å². The Bertz CT molecular complexity index is 666. The summed E-state index contributed by atoms with van der Waals surface area (Å²) in [5.41, 5.74) is -0.219. The van der Waals surface area contributed by atoms with Gasteiger partial charge in [-0.2, -0.15) is 0 Å². The molecule has 0 saturated carbocycles. The lowest BCUT2D eigenvalue weighted by Crippen LogP contribution is -2.42. The molecule has 2 heterocycles. The quantitative estimate of drug-likeness (QED) is 0.652. The molecule has 0 spiro atoms. The molecule has 2 rings (SSSR count). The van der Waals surface area contributed by atoms with E-state index in [4.69, 9.17) is 4.74 Å². The fourth-order valence-corrected chi connectivity index (χ4v) is 3.26. The number of nitrogens with zero attached hydrogens (tertiary/aromatic N) is 2. The van der Waals surface area contributed by atoms with E-state index in [0.29, 0.717) is 12.1 Å². The number of ether oxygens (including phenoxy) is 1. The summed E-state index contributed by atoms with van der Waals surface area (Å²) < 4.78 is 8.19. The number of aliphatic hydroxyl groups is 2. The fraction of sp³-hybridized carbons (Fsp3) is 0.778. The van der Waals surface area contributed by atoms with Gasteiger partial charge in [-0.15, -0.1) is 0 Å². The summed E-state index contributed by atoms with van der Waals surface area (Å²) in [4.78, 5) is 25.0. The number of unbranched alkanes of at least 4 members (excludes halogenated alkanes) is 5. The van der Waals surface area contributed by atoms with Crippen LogP contribution in [0.15, 0.2) is 15.8 Å². The van der Waals surface area contributed by atoms with Gasteiger partial charge in [0.2, 0.25) is 0 Å². The third-order valence-electron chi connectivity index (χ3n) is 4.80. The molecule has 1 aliphatic heterocycles. The Morgan fingerprint density at radius 2 is 1.88 bits per heavy atom. The summed E-state index contributed by atoms with van der Waals surface area (Å²) in [7, 11) is 0. The Morgan fingerprint density at radius 3 is 2.52 bits per heavy atom. The predicted octanol–water partition coefficient (Wildman–Crippen LogP) is 1.32. The van der Waals surface area contributed by atoms with E-state index in [2.05, 4.69) is 6.92 Å². The van der Waals surface area contributed by atoms with Crippen molar-refractivity contribution in [3.8, 4) is 0 Å². The van der Waals surface area contributed by atoms with Crippen molar-refractivity contribution >= 4 is 0 Å². The molecule has 142 valence electrons. The number of hydrogen-bond acceptors (Lipinski definition) is 5. The van der Waals surface area contributed by atoms with Gasteiger partial charge in [-0.3, -0.25) is 13.9 Å². The summed E-state index contributed by atoms with van der Waals surface area (Å²) in [5.74, 6) is 0. The van der Waals surface area contributed by atoms with Crippen molar-refractivity contribution in [2.45, 2.75) is 83.8 Å². The third kappa shape index (κ3) is 4.80. The summed E-state index contributed by atoms with van der Waals surface area (Å²) in [5, 5.41) is 19.1. The van der Waals surface area contributed by atoms with Crippen molar-refractivity contribution in [2.75, 3.05) is 6.61 Å². The van der Waals surface area contributed by atoms with Gasteiger partial charge in [-0.1, -0.05) is 39.0 Å². The highest BCUT2D eigenvalue weighted by Gasteiger charge is 2.35. The molecule has 1 aromatic heterocycles. The van der Waals surface area contributed by atoms with Crippen molar-refractivity contribution < 1.29 is 14.9 Å². The van der Waals surface area contributed by atoms with Gasteiger partial charge in [0.15, 0.2) is 0 Å². The second-order valence-corrected chi connectivity index (χ2v) is 6.84. The summed E-state index contributed by atoms with van der Waals surface area (Å²) in [6.07, 6.45) is 6.00. The average Bonchev–Trinajstić information content (AvgIpc) is 2.97. The topological polar surface area (TPSA) is 93.7 Å². The molecule has 0 amide bonds. The van der Waals surface area contributed by atoms with Crippen LogP contribution in [-0.2, 0) is 11.3 Å². The van der Waals surface area contributed by atoms with Crippen LogP contribution < -0.4 is 11.2 Å². The maximum Gasteiger partial charge on any atom is 0.333 e. The Labute approximate surface area is 147 Å². The molecule has 3 atom stereocenters. The standard InChI is InChI=1S/C18H30N2O5/c1-3-4-5-6-7-8-9-19-17(23)13(2)11-20(18(19)24)16-10-14(22)15(12-21)25-16/h11,14-16,21-22H,3-10,12H2,1-2H3/t14-,15+,16+/m0/s1. The molecule has 0 aliphatic carbocycles. The molecule has 1 aromatic rings.